The maximum atomic E-state index is 5.52. The third kappa shape index (κ3) is 0.934. The zero-order chi connectivity index (χ0) is 7.97. The predicted octanol–water partition coefficient (Wildman–Crippen LogP) is -0.464. The van der Waals surface area contributed by atoms with Crippen LogP contribution in [0.25, 0.3) is 0 Å². The van der Waals surface area contributed by atoms with Crippen LogP contribution in [0.2, 0.25) is 0 Å². The van der Waals surface area contributed by atoms with Gasteiger partial charge in [-0.3, -0.25) is 4.90 Å². The Balaban J connectivity index is 1.79. The first-order valence-corrected chi connectivity index (χ1v) is 4.97. The monoisotopic (exact) mass is 168 g/mol. The SMILES string of the molecule is C1CN2C[C@@H]3CNC[C@H]3[C@H]2CO1. The molecule has 3 saturated heterocycles. The summed E-state index contributed by atoms with van der Waals surface area (Å²) in [4.78, 5) is 2.62. The summed E-state index contributed by atoms with van der Waals surface area (Å²) in [5, 5.41) is 3.48. The van der Waals surface area contributed by atoms with Gasteiger partial charge in [-0.1, -0.05) is 0 Å². The molecule has 0 aromatic rings. The molecule has 0 bridgehead atoms. The van der Waals surface area contributed by atoms with Gasteiger partial charge < -0.3 is 10.1 Å². The van der Waals surface area contributed by atoms with E-state index in [0.717, 1.165) is 37.6 Å². The normalized spacial score (nSPS) is 47.5. The van der Waals surface area contributed by atoms with Crippen LogP contribution in [0.15, 0.2) is 0 Å². The van der Waals surface area contributed by atoms with Gasteiger partial charge in [0.15, 0.2) is 0 Å². The lowest BCUT2D eigenvalue weighted by molar-refractivity contribution is 0.00132. The van der Waals surface area contributed by atoms with Gasteiger partial charge in [0, 0.05) is 19.1 Å². The van der Waals surface area contributed by atoms with Gasteiger partial charge in [0.25, 0.3) is 0 Å². The van der Waals surface area contributed by atoms with Crippen LogP contribution in [-0.2, 0) is 4.74 Å². The highest BCUT2D eigenvalue weighted by atomic mass is 16.5. The minimum atomic E-state index is 0.735. The average molecular weight is 168 g/mol. The molecule has 0 aliphatic carbocycles. The largest absolute Gasteiger partial charge is 0.378 e. The number of nitrogens with zero attached hydrogens (tertiary/aromatic N) is 1. The summed E-state index contributed by atoms with van der Waals surface area (Å²) in [6.07, 6.45) is 0. The topological polar surface area (TPSA) is 24.5 Å². The van der Waals surface area contributed by atoms with E-state index in [0.29, 0.717) is 0 Å². The highest BCUT2D eigenvalue weighted by molar-refractivity contribution is 4.99. The Morgan fingerprint density at radius 2 is 2.33 bits per heavy atom. The van der Waals surface area contributed by atoms with E-state index >= 15 is 0 Å². The molecule has 3 heteroatoms. The number of nitrogens with one attached hydrogen (secondary N) is 1. The van der Waals surface area contributed by atoms with Crippen LogP contribution >= 0.6 is 0 Å². The van der Waals surface area contributed by atoms with Crippen molar-refractivity contribution < 1.29 is 4.74 Å². The van der Waals surface area contributed by atoms with Gasteiger partial charge in [-0.25, -0.2) is 0 Å². The number of hydrogen-bond acceptors (Lipinski definition) is 3. The summed E-state index contributed by atoms with van der Waals surface area (Å²) in [5.74, 6) is 1.79. The zero-order valence-electron chi connectivity index (χ0n) is 7.33. The molecular weight excluding hydrogens is 152 g/mol. The lowest BCUT2D eigenvalue weighted by Crippen LogP contribution is -2.44. The molecular formula is C9H16N2O. The van der Waals surface area contributed by atoms with Crippen molar-refractivity contribution in [3.8, 4) is 0 Å². The Kier molecular flexibility index (Phi) is 1.63. The molecule has 68 valence electrons. The first kappa shape index (κ1) is 7.30. The van der Waals surface area contributed by atoms with Crippen molar-refractivity contribution in [1.82, 2.24) is 10.2 Å². The smallest absolute Gasteiger partial charge is 0.0625 e. The lowest BCUT2D eigenvalue weighted by Gasteiger charge is -2.31. The zero-order valence-corrected chi connectivity index (χ0v) is 7.33. The molecule has 0 amide bonds. The molecule has 0 aromatic heterocycles. The molecule has 12 heavy (non-hydrogen) atoms. The van der Waals surface area contributed by atoms with E-state index in [1.165, 1.54) is 19.6 Å². The molecule has 3 heterocycles. The molecule has 0 aromatic carbocycles. The molecule has 0 saturated carbocycles. The Labute approximate surface area is 73.1 Å². The molecule has 3 aliphatic rings. The van der Waals surface area contributed by atoms with Gasteiger partial charge in [-0.2, -0.15) is 0 Å². The van der Waals surface area contributed by atoms with Crippen LogP contribution in [-0.4, -0.2) is 50.3 Å². The van der Waals surface area contributed by atoms with Crippen LogP contribution in [0.3, 0.4) is 0 Å². The fourth-order valence-corrected chi connectivity index (χ4v) is 2.98. The van der Waals surface area contributed by atoms with Crippen LogP contribution < -0.4 is 5.32 Å². The van der Waals surface area contributed by atoms with Gasteiger partial charge in [0.05, 0.1) is 13.2 Å². The molecule has 3 atom stereocenters. The highest BCUT2D eigenvalue weighted by Crippen LogP contribution is 2.33. The van der Waals surface area contributed by atoms with Crippen LogP contribution in [0, 0.1) is 11.8 Å². The first-order valence-electron chi connectivity index (χ1n) is 4.97. The van der Waals surface area contributed by atoms with E-state index < -0.39 is 0 Å². The highest BCUT2D eigenvalue weighted by Gasteiger charge is 2.44. The minimum absolute atomic E-state index is 0.735. The Morgan fingerprint density at radius 1 is 1.33 bits per heavy atom. The fourth-order valence-electron chi connectivity index (χ4n) is 2.98. The van der Waals surface area contributed by atoms with Crippen LogP contribution in [0.1, 0.15) is 0 Å². The maximum absolute atomic E-state index is 5.52. The molecule has 0 unspecified atom stereocenters. The van der Waals surface area contributed by atoms with Crippen molar-refractivity contribution in [1.29, 1.82) is 0 Å². The Bertz CT molecular complexity index is 185. The van der Waals surface area contributed by atoms with E-state index in [1.807, 2.05) is 0 Å². The summed E-state index contributed by atoms with van der Waals surface area (Å²) in [6, 6.07) is 0.735. The first-order chi connectivity index (χ1) is 5.95. The maximum Gasteiger partial charge on any atom is 0.0625 e. The average Bonchev–Trinajstić information content (AvgIpc) is 2.62. The summed E-state index contributed by atoms with van der Waals surface area (Å²) in [6.45, 7) is 6.85. The molecule has 3 aliphatic heterocycles. The third-order valence-electron chi connectivity index (χ3n) is 3.64. The van der Waals surface area contributed by atoms with Crippen molar-refractivity contribution in [2.75, 3.05) is 39.4 Å². The summed E-state index contributed by atoms with van der Waals surface area (Å²) < 4.78 is 5.52. The van der Waals surface area contributed by atoms with Crippen LogP contribution in [0.5, 0.6) is 0 Å². The Hall–Kier alpha value is -0.120. The number of rotatable bonds is 0. The predicted molar refractivity (Wildman–Crippen MR) is 46.0 cm³/mol. The van der Waals surface area contributed by atoms with Gasteiger partial charge in [-0.15, -0.1) is 0 Å². The van der Waals surface area contributed by atoms with E-state index in [-0.39, 0.29) is 0 Å². The summed E-state index contributed by atoms with van der Waals surface area (Å²) in [5.41, 5.74) is 0. The molecule has 0 spiro atoms. The van der Waals surface area contributed by atoms with E-state index in [2.05, 4.69) is 10.2 Å². The van der Waals surface area contributed by atoms with Crippen molar-refractivity contribution in [2.45, 2.75) is 6.04 Å². The second-order valence-corrected chi connectivity index (χ2v) is 4.22. The minimum Gasteiger partial charge on any atom is -0.378 e. The van der Waals surface area contributed by atoms with Crippen molar-refractivity contribution in [3.63, 3.8) is 0 Å². The lowest BCUT2D eigenvalue weighted by atomic mass is 9.94. The molecule has 0 radical (unpaired) electrons. The molecule has 3 fully saturated rings. The molecule has 3 rings (SSSR count). The van der Waals surface area contributed by atoms with E-state index in [9.17, 15) is 0 Å². The second-order valence-electron chi connectivity index (χ2n) is 4.22. The second kappa shape index (κ2) is 2.69. The fraction of sp³-hybridized carbons (Fsp3) is 1.00. The van der Waals surface area contributed by atoms with Gasteiger partial charge in [0.2, 0.25) is 0 Å². The van der Waals surface area contributed by atoms with E-state index in [4.69, 9.17) is 4.74 Å². The quantitative estimate of drug-likeness (QED) is 0.529. The third-order valence-corrected chi connectivity index (χ3v) is 3.64. The van der Waals surface area contributed by atoms with Gasteiger partial charge in [-0.05, 0) is 24.9 Å². The van der Waals surface area contributed by atoms with Crippen molar-refractivity contribution >= 4 is 0 Å². The number of fused-ring (bicyclic) bond motifs is 3. The van der Waals surface area contributed by atoms with Crippen molar-refractivity contribution in [2.24, 2.45) is 11.8 Å². The standard InChI is InChI=1S/C9H16N2O/c1-2-12-6-9-8-4-10-3-7(8)5-11(1)9/h7-10H,1-6H2/t7-,8+,9+/m0/s1. The number of morpholine rings is 1. The number of hydrogen-bond donors (Lipinski definition) is 1. The van der Waals surface area contributed by atoms with Gasteiger partial charge >= 0.3 is 0 Å². The van der Waals surface area contributed by atoms with E-state index in [1.54, 1.807) is 0 Å². The van der Waals surface area contributed by atoms with Crippen molar-refractivity contribution in [3.05, 3.63) is 0 Å². The Morgan fingerprint density at radius 3 is 3.33 bits per heavy atom. The molecule has 3 nitrogen and oxygen atoms in total. The summed E-state index contributed by atoms with van der Waals surface area (Å²) in [7, 11) is 0. The molecule has 1 N–H and O–H groups in total. The van der Waals surface area contributed by atoms with Gasteiger partial charge in [0.1, 0.15) is 0 Å². The van der Waals surface area contributed by atoms with Crippen LogP contribution in [0.4, 0.5) is 0 Å². The number of ether oxygens (including phenoxy) is 1. The summed E-state index contributed by atoms with van der Waals surface area (Å²) >= 11 is 0.